The summed E-state index contributed by atoms with van der Waals surface area (Å²) in [6.45, 7) is 0.399. The maximum atomic E-state index is 12.9. The molecule has 0 saturated heterocycles. The van der Waals surface area contributed by atoms with E-state index in [0.29, 0.717) is 15.9 Å². The maximum Gasteiger partial charge on any atom is 0.416 e. The van der Waals surface area contributed by atoms with Crippen LogP contribution < -0.4 is 10.9 Å². The normalized spacial score (nSPS) is 11.8. The third-order valence-corrected chi connectivity index (χ3v) is 5.06. The fraction of sp³-hybridized carbons (Fsp3) is 0.200. The Kier molecular flexibility index (Phi) is 5.87. The number of furan rings is 1. The number of rotatable bonds is 6. The fourth-order valence-corrected chi connectivity index (χ4v) is 3.42. The quantitative estimate of drug-likeness (QED) is 0.429. The summed E-state index contributed by atoms with van der Waals surface area (Å²) in [6.07, 6.45) is -1.85. The van der Waals surface area contributed by atoms with E-state index in [1.807, 2.05) is 0 Å². The predicted molar refractivity (Wildman–Crippen MR) is 111 cm³/mol. The van der Waals surface area contributed by atoms with Gasteiger partial charge in [0.15, 0.2) is 16.1 Å². The van der Waals surface area contributed by atoms with Crippen LogP contribution >= 0.6 is 15.9 Å². The molecule has 0 unspecified atom stereocenters. The molecule has 1 N–H and O–H groups in total. The minimum Gasteiger partial charge on any atom is -0.444 e. The number of halogens is 4. The summed E-state index contributed by atoms with van der Waals surface area (Å²) in [5.74, 6) is -0.249. The molecule has 0 saturated carbocycles. The summed E-state index contributed by atoms with van der Waals surface area (Å²) in [5, 5.41) is 7.03. The third kappa shape index (κ3) is 4.59. The maximum absolute atomic E-state index is 12.9. The highest BCUT2D eigenvalue weighted by molar-refractivity contribution is 9.10. The van der Waals surface area contributed by atoms with Crippen molar-refractivity contribution in [3.8, 4) is 0 Å². The zero-order chi connectivity index (χ0) is 22.9. The molecule has 0 spiro atoms. The number of nitrogens with one attached hydrogen (secondary N) is 1. The van der Waals surface area contributed by atoms with Crippen molar-refractivity contribution < 1.29 is 22.4 Å². The van der Waals surface area contributed by atoms with E-state index >= 15 is 0 Å². The molecular weight excluding hydrogens is 495 g/mol. The first-order valence-electron chi connectivity index (χ1n) is 9.33. The summed E-state index contributed by atoms with van der Waals surface area (Å²) in [7, 11) is 0. The molecule has 3 aromatic heterocycles. The lowest BCUT2D eigenvalue weighted by Crippen LogP contribution is -2.27. The van der Waals surface area contributed by atoms with Crippen LogP contribution in [0, 0.1) is 0 Å². The van der Waals surface area contributed by atoms with E-state index in [9.17, 15) is 22.8 Å². The van der Waals surface area contributed by atoms with Crippen LogP contribution in [-0.2, 0) is 19.3 Å². The molecule has 1 amide bonds. The number of carbonyl (C=O) groups is 1. The Morgan fingerprint density at radius 1 is 1.22 bits per heavy atom. The number of alkyl halides is 3. The van der Waals surface area contributed by atoms with Crippen molar-refractivity contribution in [2.45, 2.75) is 19.3 Å². The Morgan fingerprint density at radius 3 is 2.75 bits per heavy atom. The highest BCUT2D eigenvalue weighted by Crippen LogP contribution is 2.29. The first kappa shape index (κ1) is 21.8. The molecule has 4 aromatic rings. The van der Waals surface area contributed by atoms with Crippen molar-refractivity contribution in [1.29, 1.82) is 0 Å². The van der Waals surface area contributed by atoms with Crippen molar-refractivity contribution in [3.63, 3.8) is 0 Å². The van der Waals surface area contributed by atoms with Crippen LogP contribution in [0.3, 0.4) is 0 Å². The number of carbonyl (C=O) groups excluding carboxylic acids is 1. The number of benzene rings is 1. The van der Waals surface area contributed by atoms with Gasteiger partial charge in [0.05, 0.1) is 24.8 Å². The molecule has 12 heteroatoms. The second-order valence-corrected chi connectivity index (χ2v) is 7.62. The number of hydrogen-bond acceptors (Lipinski definition) is 5. The average molecular weight is 510 g/mol. The van der Waals surface area contributed by atoms with E-state index in [1.54, 1.807) is 6.07 Å². The summed E-state index contributed by atoms with van der Waals surface area (Å²) >= 11 is 3.12. The summed E-state index contributed by atoms with van der Waals surface area (Å²) < 4.78 is 47.1. The molecule has 0 atom stereocenters. The number of hydrogen-bond donors (Lipinski definition) is 1. The van der Waals surface area contributed by atoms with Crippen LogP contribution in [0.1, 0.15) is 21.7 Å². The highest BCUT2D eigenvalue weighted by atomic mass is 79.9. The second-order valence-electron chi connectivity index (χ2n) is 6.84. The van der Waals surface area contributed by atoms with E-state index in [0.717, 1.165) is 12.1 Å². The van der Waals surface area contributed by atoms with Gasteiger partial charge < -0.3 is 9.73 Å². The lowest BCUT2D eigenvalue weighted by Gasteiger charge is -2.10. The average Bonchev–Trinajstić information content (AvgIpc) is 3.36. The molecule has 166 valence electrons. The zero-order valence-corrected chi connectivity index (χ0v) is 17.9. The van der Waals surface area contributed by atoms with Crippen molar-refractivity contribution >= 4 is 32.9 Å². The number of fused-ring (bicyclic) bond motifs is 1. The van der Waals surface area contributed by atoms with Gasteiger partial charge in [0.2, 0.25) is 0 Å². The van der Waals surface area contributed by atoms with E-state index in [4.69, 9.17) is 4.42 Å². The zero-order valence-electron chi connectivity index (χ0n) is 16.3. The molecule has 1 aromatic carbocycles. The van der Waals surface area contributed by atoms with Crippen LogP contribution in [0.15, 0.2) is 62.8 Å². The van der Waals surface area contributed by atoms with Gasteiger partial charge in [-0.3, -0.25) is 14.2 Å². The number of aromatic nitrogens is 4. The molecule has 0 aliphatic carbocycles. The molecule has 32 heavy (non-hydrogen) atoms. The van der Waals surface area contributed by atoms with Crippen LogP contribution in [0.2, 0.25) is 0 Å². The van der Waals surface area contributed by atoms with Crippen molar-refractivity contribution in [3.05, 3.63) is 80.8 Å². The molecule has 0 radical (unpaired) electrons. The molecule has 0 aliphatic rings. The lowest BCUT2D eigenvalue weighted by molar-refractivity contribution is -0.137. The molecule has 0 fully saturated rings. The van der Waals surface area contributed by atoms with Gasteiger partial charge in [-0.1, -0.05) is 12.1 Å². The standard InChI is InChI=1S/C20H15BrF3N5O3/c21-16-5-4-15(32-16)18(30)25-6-7-29-17-14(9-27-29)19(31)28(11-26-17)10-12-2-1-3-13(8-12)20(22,23)24/h1-5,8-9,11H,6-7,10H2,(H,25,30). The third-order valence-electron chi connectivity index (χ3n) is 4.64. The Labute approximate surface area is 186 Å². The topological polar surface area (TPSA) is 95.0 Å². The van der Waals surface area contributed by atoms with E-state index in [2.05, 4.69) is 31.3 Å². The first-order valence-corrected chi connectivity index (χ1v) is 10.1. The Balaban J connectivity index is 1.48. The van der Waals surface area contributed by atoms with Gasteiger partial charge in [0.1, 0.15) is 11.7 Å². The minimum absolute atomic E-state index is 0.0639. The molecule has 0 aliphatic heterocycles. The smallest absolute Gasteiger partial charge is 0.416 e. The van der Waals surface area contributed by atoms with Crippen LogP contribution in [0.25, 0.3) is 11.0 Å². The van der Waals surface area contributed by atoms with Gasteiger partial charge in [0.25, 0.3) is 11.5 Å². The fourth-order valence-electron chi connectivity index (χ4n) is 3.12. The Bertz CT molecular complexity index is 1340. The van der Waals surface area contributed by atoms with Gasteiger partial charge in [0, 0.05) is 6.54 Å². The molecule has 3 heterocycles. The van der Waals surface area contributed by atoms with Crippen LogP contribution in [-0.4, -0.2) is 31.8 Å². The number of amides is 1. The molecule has 0 bridgehead atoms. The summed E-state index contributed by atoms with van der Waals surface area (Å²) in [4.78, 5) is 29.0. The SMILES string of the molecule is O=C(NCCn1ncc2c(=O)n(Cc3cccc(C(F)(F)F)c3)cnc21)c1ccc(Br)o1. The molecular formula is C20H15BrF3N5O3. The van der Waals surface area contributed by atoms with Gasteiger partial charge >= 0.3 is 6.18 Å². The van der Waals surface area contributed by atoms with Gasteiger partial charge in [-0.25, -0.2) is 9.67 Å². The van der Waals surface area contributed by atoms with E-state index < -0.39 is 23.2 Å². The second kappa shape index (κ2) is 8.61. The Morgan fingerprint density at radius 2 is 2.03 bits per heavy atom. The molecule has 4 rings (SSSR count). The van der Waals surface area contributed by atoms with E-state index in [-0.39, 0.29) is 30.8 Å². The largest absolute Gasteiger partial charge is 0.444 e. The summed E-state index contributed by atoms with van der Waals surface area (Å²) in [6, 6.07) is 7.90. The lowest BCUT2D eigenvalue weighted by atomic mass is 10.1. The van der Waals surface area contributed by atoms with Crippen molar-refractivity contribution in [2.24, 2.45) is 0 Å². The van der Waals surface area contributed by atoms with Crippen molar-refractivity contribution in [1.82, 2.24) is 24.6 Å². The van der Waals surface area contributed by atoms with E-state index in [1.165, 1.54) is 40.0 Å². The predicted octanol–water partition coefficient (Wildman–Crippen LogP) is 3.45. The highest BCUT2D eigenvalue weighted by Gasteiger charge is 2.30. The molecule has 8 nitrogen and oxygen atoms in total. The van der Waals surface area contributed by atoms with Crippen LogP contribution in [0.5, 0.6) is 0 Å². The first-order chi connectivity index (χ1) is 15.2. The Hall–Kier alpha value is -3.41. The van der Waals surface area contributed by atoms with Gasteiger partial charge in [-0.05, 0) is 45.8 Å². The van der Waals surface area contributed by atoms with Crippen LogP contribution in [0.4, 0.5) is 13.2 Å². The summed E-state index contributed by atoms with van der Waals surface area (Å²) in [5.41, 5.74) is -0.579. The minimum atomic E-state index is -4.47. The van der Waals surface area contributed by atoms with Gasteiger partial charge in [-0.2, -0.15) is 18.3 Å². The van der Waals surface area contributed by atoms with Crippen molar-refractivity contribution in [2.75, 3.05) is 6.54 Å². The van der Waals surface area contributed by atoms with Gasteiger partial charge in [-0.15, -0.1) is 0 Å². The monoisotopic (exact) mass is 509 g/mol. The number of nitrogens with zero attached hydrogens (tertiary/aromatic N) is 4.